The van der Waals surface area contributed by atoms with Crippen LogP contribution in [0.2, 0.25) is 5.02 Å². The average Bonchev–Trinajstić information content (AvgIpc) is 2.64. The van der Waals surface area contributed by atoms with Crippen LogP contribution in [0, 0.1) is 6.92 Å². The second-order valence-corrected chi connectivity index (χ2v) is 4.66. The van der Waals surface area contributed by atoms with Crippen molar-refractivity contribution in [2.75, 3.05) is 0 Å². The van der Waals surface area contributed by atoms with E-state index in [9.17, 15) is 4.79 Å². The van der Waals surface area contributed by atoms with Crippen molar-refractivity contribution in [3.8, 4) is 11.3 Å². The number of carbonyl (C=O) groups is 1. The normalized spacial score (nSPS) is 10.5. The van der Waals surface area contributed by atoms with Gasteiger partial charge in [0.15, 0.2) is 0 Å². The summed E-state index contributed by atoms with van der Waals surface area (Å²) >= 11 is 9.14. The average molecular weight is 317 g/mol. The van der Waals surface area contributed by atoms with Crippen LogP contribution in [-0.2, 0) is 0 Å². The van der Waals surface area contributed by atoms with Crippen LogP contribution in [0.5, 0.6) is 0 Å². The molecular formula is C11H7BrClNO3. The molecule has 1 N–H and O–H groups in total. The minimum Gasteiger partial charge on any atom is -0.477 e. The minimum absolute atomic E-state index is 0.0687. The highest BCUT2D eigenvalue weighted by Crippen LogP contribution is 2.31. The van der Waals surface area contributed by atoms with Gasteiger partial charge in [-0.3, -0.25) is 0 Å². The molecule has 17 heavy (non-hydrogen) atoms. The molecule has 0 atom stereocenters. The number of carboxylic acids is 1. The Morgan fingerprint density at radius 3 is 2.82 bits per heavy atom. The van der Waals surface area contributed by atoms with Gasteiger partial charge in [-0.1, -0.05) is 22.8 Å². The molecule has 2 aromatic rings. The maximum atomic E-state index is 11.1. The summed E-state index contributed by atoms with van der Waals surface area (Å²) in [4.78, 5) is 11.1. The molecule has 4 nitrogen and oxygen atoms in total. The number of halogens is 2. The summed E-state index contributed by atoms with van der Waals surface area (Å²) in [5, 5.41) is 13.4. The fourth-order valence-electron chi connectivity index (χ4n) is 1.46. The van der Waals surface area contributed by atoms with E-state index in [0.717, 1.165) is 0 Å². The molecule has 88 valence electrons. The van der Waals surface area contributed by atoms with E-state index < -0.39 is 5.97 Å². The van der Waals surface area contributed by atoms with Crippen LogP contribution >= 0.6 is 27.5 Å². The van der Waals surface area contributed by atoms with Gasteiger partial charge in [-0.25, -0.2) is 4.79 Å². The Morgan fingerprint density at radius 2 is 2.24 bits per heavy atom. The number of benzene rings is 1. The molecular weight excluding hydrogens is 309 g/mol. The van der Waals surface area contributed by atoms with Gasteiger partial charge < -0.3 is 9.63 Å². The largest absolute Gasteiger partial charge is 0.477 e. The lowest BCUT2D eigenvalue weighted by molar-refractivity contribution is 0.0696. The summed E-state index contributed by atoms with van der Waals surface area (Å²) < 4.78 is 5.58. The maximum absolute atomic E-state index is 11.1. The van der Waals surface area contributed by atoms with Crippen LogP contribution in [-0.4, -0.2) is 16.2 Å². The zero-order valence-electron chi connectivity index (χ0n) is 8.70. The second kappa shape index (κ2) is 4.50. The Kier molecular flexibility index (Phi) is 3.22. The van der Waals surface area contributed by atoms with E-state index in [1.807, 2.05) is 0 Å². The van der Waals surface area contributed by atoms with E-state index in [0.29, 0.717) is 20.8 Å². The number of hydrogen-bond donors (Lipinski definition) is 1. The first-order valence-electron chi connectivity index (χ1n) is 4.65. The van der Waals surface area contributed by atoms with Crippen molar-refractivity contribution in [1.82, 2.24) is 5.16 Å². The lowest BCUT2D eigenvalue weighted by Crippen LogP contribution is -1.99. The summed E-state index contributed by atoms with van der Waals surface area (Å²) in [6.45, 7) is 1.56. The van der Waals surface area contributed by atoms with E-state index in [1.54, 1.807) is 25.1 Å². The monoisotopic (exact) mass is 315 g/mol. The summed E-state index contributed by atoms with van der Waals surface area (Å²) in [5.41, 5.74) is 1.00. The molecule has 0 aliphatic rings. The standard InChI is InChI=1S/C11H7BrClNO3/c1-5-9(11(15)16)10(14-17-5)6-2-3-8(13)7(12)4-6/h2-4H,1H3,(H,15,16). The fourth-order valence-corrected chi connectivity index (χ4v) is 1.96. The van der Waals surface area contributed by atoms with E-state index in [-0.39, 0.29) is 11.3 Å². The number of rotatable bonds is 2. The molecule has 2 rings (SSSR count). The first-order valence-corrected chi connectivity index (χ1v) is 5.82. The number of hydrogen-bond acceptors (Lipinski definition) is 3. The van der Waals surface area contributed by atoms with Gasteiger partial charge in [0, 0.05) is 10.0 Å². The summed E-state index contributed by atoms with van der Waals surface area (Å²) in [7, 11) is 0. The summed E-state index contributed by atoms with van der Waals surface area (Å²) in [6.07, 6.45) is 0. The molecule has 0 saturated carbocycles. The van der Waals surface area contributed by atoms with E-state index in [1.165, 1.54) is 0 Å². The Balaban J connectivity index is 2.60. The number of carboxylic acid groups (broad SMARTS) is 1. The summed E-state index contributed by atoms with van der Waals surface area (Å²) in [6, 6.07) is 5.06. The van der Waals surface area contributed by atoms with Crippen LogP contribution in [0.25, 0.3) is 11.3 Å². The van der Waals surface area contributed by atoms with Gasteiger partial charge in [0.05, 0.1) is 5.02 Å². The third kappa shape index (κ3) is 2.21. The van der Waals surface area contributed by atoms with Gasteiger partial charge in [0.1, 0.15) is 17.0 Å². The highest BCUT2D eigenvalue weighted by atomic mass is 79.9. The Hall–Kier alpha value is -1.33. The molecule has 0 amide bonds. The summed E-state index contributed by atoms with van der Waals surface area (Å²) in [5.74, 6) is -0.789. The molecule has 0 aliphatic carbocycles. The first kappa shape index (κ1) is 12.1. The molecule has 6 heteroatoms. The number of aromatic nitrogens is 1. The SMILES string of the molecule is Cc1onc(-c2ccc(Cl)c(Br)c2)c1C(=O)O. The van der Waals surface area contributed by atoms with Crippen LogP contribution in [0.15, 0.2) is 27.2 Å². The fraction of sp³-hybridized carbons (Fsp3) is 0.0909. The van der Waals surface area contributed by atoms with E-state index >= 15 is 0 Å². The van der Waals surface area contributed by atoms with Crippen LogP contribution in [0.3, 0.4) is 0 Å². The lowest BCUT2D eigenvalue weighted by Gasteiger charge is -2.00. The van der Waals surface area contributed by atoms with Gasteiger partial charge in [-0.2, -0.15) is 0 Å². The topological polar surface area (TPSA) is 63.3 Å². The van der Waals surface area contributed by atoms with E-state index in [4.69, 9.17) is 21.2 Å². The third-order valence-electron chi connectivity index (χ3n) is 2.27. The van der Waals surface area contributed by atoms with Crippen molar-refractivity contribution in [3.05, 3.63) is 39.0 Å². The van der Waals surface area contributed by atoms with Crippen molar-refractivity contribution in [2.24, 2.45) is 0 Å². The zero-order valence-corrected chi connectivity index (χ0v) is 11.0. The van der Waals surface area contributed by atoms with Crippen molar-refractivity contribution >= 4 is 33.5 Å². The third-order valence-corrected chi connectivity index (χ3v) is 3.48. The predicted molar refractivity (Wildman–Crippen MR) is 66.3 cm³/mol. The van der Waals surface area contributed by atoms with Crippen molar-refractivity contribution in [2.45, 2.75) is 6.92 Å². The molecule has 1 aromatic heterocycles. The molecule has 0 fully saturated rings. The molecule has 0 aliphatic heterocycles. The van der Waals surface area contributed by atoms with Gasteiger partial charge in [0.2, 0.25) is 0 Å². The quantitative estimate of drug-likeness (QED) is 0.916. The molecule has 1 aromatic carbocycles. The van der Waals surface area contributed by atoms with Crippen LogP contribution in [0.4, 0.5) is 0 Å². The molecule has 0 bridgehead atoms. The smallest absolute Gasteiger partial charge is 0.341 e. The van der Waals surface area contributed by atoms with Gasteiger partial charge in [-0.15, -0.1) is 0 Å². The highest BCUT2D eigenvalue weighted by molar-refractivity contribution is 9.10. The zero-order chi connectivity index (χ0) is 12.6. The van der Waals surface area contributed by atoms with Crippen molar-refractivity contribution in [3.63, 3.8) is 0 Å². The first-order chi connectivity index (χ1) is 8.00. The molecule has 0 radical (unpaired) electrons. The minimum atomic E-state index is -1.06. The molecule has 0 saturated heterocycles. The Morgan fingerprint density at radius 1 is 1.53 bits per heavy atom. The van der Waals surface area contributed by atoms with Crippen LogP contribution in [0.1, 0.15) is 16.1 Å². The van der Waals surface area contributed by atoms with Gasteiger partial charge in [-0.05, 0) is 35.0 Å². The van der Waals surface area contributed by atoms with Gasteiger partial charge in [0.25, 0.3) is 0 Å². The second-order valence-electron chi connectivity index (χ2n) is 3.40. The predicted octanol–water partition coefficient (Wildman–Crippen LogP) is 3.76. The van der Waals surface area contributed by atoms with E-state index in [2.05, 4.69) is 21.1 Å². The number of aromatic carboxylic acids is 1. The Bertz CT molecular complexity index is 594. The Labute approximate surface area is 110 Å². The lowest BCUT2D eigenvalue weighted by atomic mass is 10.1. The number of nitrogens with zero attached hydrogens (tertiary/aromatic N) is 1. The van der Waals surface area contributed by atoms with Crippen molar-refractivity contribution < 1.29 is 14.4 Å². The maximum Gasteiger partial charge on any atom is 0.341 e. The van der Waals surface area contributed by atoms with Crippen LogP contribution < -0.4 is 0 Å². The molecule has 0 spiro atoms. The number of aryl methyl sites for hydroxylation is 1. The highest BCUT2D eigenvalue weighted by Gasteiger charge is 2.21. The van der Waals surface area contributed by atoms with Crippen molar-refractivity contribution in [1.29, 1.82) is 0 Å². The van der Waals surface area contributed by atoms with Gasteiger partial charge >= 0.3 is 5.97 Å². The molecule has 0 unspecified atom stereocenters. The molecule has 1 heterocycles.